The van der Waals surface area contributed by atoms with Gasteiger partial charge in [0.2, 0.25) is 0 Å². The molecule has 0 aliphatic carbocycles. The lowest BCUT2D eigenvalue weighted by molar-refractivity contribution is -0.137. The van der Waals surface area contributed by atoms with Crippen LogP contribution in [0.2, 0.25) is 0 Å². The molecule has 1 aromatic carbocycles. The summed E-state index contributed by atoms with van der Waals surface area (Å²) in [5, 5.41) is 8.74. The van der Waals surface area contributed by atoms with Gasteiger partial charge in [-0.3, -0.25) is 4.79 Å². The molecule has 0 saturated carbocycles. The first-order valence-electron chi connectivity index (χ1n) is 7.31. The van der Waals surface area contributed by atoms with E-state index in [1.807, 2.05) is 30.3 Å². The van der Waals surface area contributed by atoms with Crippen molar-refractivity contribution in [2.45, 2.75) is 39.2 Å². The second-order valence-electron chi connectivity index (χ2n) is 4.88. The van der Waals surface area contributed by atoms with Crippen LogP contribution in [-0.4, -0.2) is 35.2 Å². The Morgan fingerprint density at radius 1 is 1.14 bits per heavy atom. The van der Waals surface area contributed by atoms with E-state index >= 15 is 0 Å². The Bertz CT molecular complexity index is 433. The van der Waals surface area contributed by atoms with Gasteiger partial charge in [0.15, 0.2) is 0 Å². The molecule has 0 bridgehead atoms. The topological polar surface area (TPSA) is 66.8 Å². The van der Waals surface area contributed by atoms with E-state index in [4.69, 9.17) is 9.84 Å². The molecule has 1 aromatic rings. The average Bonchev–Trinajstić information content (AvgIpc) is 2.49. The molecule has 1 rings (SSSR count). The van der Waals surface area contributed by atoms with Gasteiger partial charge in [-0.25, -0.2) is 4.79 Å². The Hall–Kier alpha value is -2.04. The second kappa shape index (κ2) is 9.80. The molecule has 0 aliphatic heterocycles. The number of carbonyl (C=O) groups is 2. The Kier molecular flexibility index (Phi) is 7.94. The molecule has 0 atom stereocenters. The molecule has 0 aliphatic rings. The van der Waals surface area contributed by atoms with Crippen molar-refractivity contribution < 1.29 is 19.4 Å². The van der Waals surface area contributed by atoms with Crippen molar-refractivity contribution in [3.63, 3.8) is 0 Å². The molecule has 0 fully saturated rings. The zero-order chi connectivity index (χ0) is 15.5. The molecule has 1 N–H and O–H groups in total. The minimum absolute atomic E-state index is 0.0629. The Labute approximate surface area is 125 Å². The van der Waals surface area contributed by atoms with Gasteiger partial charge >= 0.3 is 12.1 Å². The summed E-state index contributed by atoms with van der Waals surface area (Å²) < 4.78 is 5.25. The van der Waals surface area contributed by atoms with Crippen LogP contribution in [0.5, 0.6) is 0 Å². The third-order valence-corrected chi connectivity index (χ3v) is 3.09. The number of hydrogen-bond donors (Lipinski definition) is 1. The van der Waals surface area contributed by atoms with Crippen LogP contribution >= 0.6 is 0 Å². The van der Waals surface area contributed by atoms with Gasteiger partial charge in [-0.2, -0.15) is 0 Å². The van der Waals surface area contributed by atoms with Gasteiger partial charge in [0.25, 0.3) is 0 Å². The van der Waals surface area contributed by atoms with E-state index in [0.717, 1.165) is 24.8 Å². The molecule has 0 saturated heterocycles. The van der Waals surface area contributed by atoms with Crippen molar-refractivity contribution in [1.82, 2.24) is 4.90 Å². The monoisotopic (exact) mass is 293 g/mol. The summed E-state index contributed by atoms with van der Waals surface area (Å²) in [6.07, 6.45) is 2.40. The molecule has 0 heterocycles. The fraction of sp³-hybridized carbons (Fsp3) is 0.500. The summed E-state index contributed by atoms with van der Waals surface area (Å²) >= 11 is 0. The molecular weight excluding hydrogens is 270 g/mol. The normalized spacial score (nSPS) is 10.1. The van der Waals surface area contributed by atoms with Crippen LogP contribution in [0.15, 0.2) is 30.3 Å². The lowest BCUT2D eigenvalue weighted by Crippen LogP contribution is -2.34. The highest BCUT2D eigenvalue weighted by atomic mass is 16.6. The fourth-order valence-corrected chi connectivity index (χ4v) is 1.89. The highest BCUT2D eigenvalue weighted by Crippen LogP contribution is 2.06. The first-order valence-corrected chi connectivity index (χ1v) is 7.31. The minimum Gasteiger partial charge on any atom is -0.481 e. The Morgan fingerprint density at radius 3 is 2.48 bits per heavy atom. The number of unbranched alkanes of at least 4 members (excludes halogenated alkanes) is 2. The number of amides is 1. The first-order chi connectivity index (χ1) is 10.1. The largest absolute Gasteiger partial charge is 0.481 e. The summed E-state index contributed by atoms with van der Waals surface area (Å²) in [6, 6.07) is 9.42. The van der Waals surface area contributed by atoms with Crippen LogP contribution in [0.25, 0.3) is 0 Å². The predicted molar refractivity (Wildman–Crippen MR) is 80.0 cm³/mol. The van der Waals surface area contributed by atoms with Crippen molar-refractivity contribution >= 4 is 12.1 Å². The summed E-state index contributed by atoms with van der Waals surface area (Å²) in [4.78, 5) is 24.2. The van der Waals surface area contributed by atoms with Gasteiger partial charge in [-0.15, -0.1) is 0 Å². The number of carboxylic acids is 1. The van der Waals surface area contributed by atoms with Gasteiger partial charge in [-0.1, -0.05) is 50.1 Å². The van der Waals surface area contributed by atoms with Gasteiger partial charge in [0.05, 0.1) is 6.42 Å². The first kappa shape index (κ1) is 17.0. The van der Waals surface area contributed by atoms with Crippen molar-refractivity contribution in [3.8, 4) is 0 Å². The van der Waals surface area contributed by atoms with Crippen LogP contribution in [0.4, 0.5) is 4.79 Å². The number of rotatable bonds is 9. The number of benzene rings is 1. The number of carboxylic acid groups (broad SMARTS) is 1. The van der Waals surface area contributed by atoms with Crippen LogP contribution in [0.1, 0.15) is 38.2 Å². The molecule has 116 valence electrons. The third kappa shape index (κ3) is 7.34. The highest BCUT2D eigenvalue weighted by molar-refractivity contribution is 5.70. The summed E-state index contributed by atoms with van der Waals surface area (Å²) in [5.74, 6) is -0.911. The van der Waals surface area contributed by atoms with Gasteiger partial charge in [0, 0.05) is 13.1 Å². The molecule has 5 nitrogen and oxygen atoms in total. The van der Waals surface area contributed by atoms with Gasteiger partial charge in [0.1, 0.15) is 6.61 Å². The Morgan fingerprint density at radius 2 is 1.86 bits per heavy atom. The molecule has 0 radical (unpaired) electrons. The number of ether oxygens (including phenoxy) is 1. The molecule has 5 heteroatoms. The van der Waals surface area contributed by atoms with Crippen LogP contribution in [0.3, 0.4) is 0 Å². The van der Waals surface area contributed by atoms with E-state index in [2.05, 4.69) is 6.92 Å². The SMILES string of the molecule is CCCCCN(CCC(=O)O)C(=O)OCc1ccccc1. The van der Waals surface area contributed by atoms with E-state index in [1.54, 1.807) is 0 Å². The fourth-order valence-electron chi connectivity index (χ4n) is 1.89. The van der Waals surface area contributed by atoms with Crippen LogP contribution in [0, 0.1) is 0 Å². The van der Waals surface area contributed by atoms with Crippen molar-refractivity contribution in [2.24, 2.45) is 0 Å². The van der Waals surface area contributed by atoms with E-state index in [0.29, 0.717) is 6.54 Å². The van der Waals surface area contributed by atoms with E-state index in [1.165, 1.54) is 4.90 Å². The third-order valence-electron chi connectivity index (χ3n) is 3.09. The molecular formula is C16H23NO4. The molecule has 0 unspecified atom stereocenters. The maximum Gasteiger partial charge on any atom is 0.410 e. The number of aliphatic carboxylic acids is 1. The van der Waals surface area contributed by atoms with E-state index in [-0.39, 0.29) is 19.6 Å². The highest BCUT2D eigenvalue weighted by Gasteiger charge is 2.15. The van der Waals surface area contributed by atoms with Crippen molar-refractivity contribution in [3.05, 3.63) is 35.9 Å². The van der Waals surface area contributed by atoms with Crippen molar-refractivity contribution in [2.75, 3.05) is 13.1 Å². The summed E-state index contributed by atoms with van der Waals surface area (Å²) in [5.41, 5.74) is 0.914. The van der Waals surface area contributed by atoms with Gasteiger partial charge < -0.3 is 14.7 Å². The maximum absolute atomic E-state index is 12.0. The van der Waals surface area contributed by atoms with E-state index in [9.17, 15) is 9.59 Å². The zero-order valence-corrected chi connectivity index (χ0v) is 12.5. The lowest BCUT2D eigenvalue weighted by atomic mass is 10.2. The van der Waals surface area contributed by atoms with Crippen molar-refractivity contribution in [1.29, 1.82) is 0 Å². The summed E-state index contributed by atoms with van der Waals surface area (Å²) in [7, 11) is 0. The van der Waals surface area contributed by atoms with Crippen LogP contribution in [-0.2, 0) is 16.1 Å². The summed E-state index contributed by atoms with van der Waals surface area (Å²) in [6.45, 7) is 3.01. The van der Waals surface area contributed by atoms with E-state index < -0.39 is 12.1 Å². The molecule has 0 aromatic heterocycles. The number of carbonyl (C=O) groups excluding carboxylic acids is 1. The molecule has 21 heavy (non-hydrogen) atoms. The molecule has 1 amide bonds. The maximum atomic E-state index is 12.0. The van der Waals surface area contributed by atoms with Crippen LogP contribution < -0.4 is 0 Å². The minimum atomic E-state index is -0.911. The zero-order valence-electron chi connectivity index (χ0n) is 12.5. The predicted octanol–water partition coefficient (Wildman–Crippen LogP) is 3.29. The molecule has 0 spiro atoms. The lowest BCUT2D eigenvalue weighted by Gasteiger charge is -2.21. The Balaban J connectivity index is 2.46. The number of hydrogen-bond acceptors (Lipinski definition) is 3. The standard InChI is InChI=1S/C16H23NO4/c1-2-3-7-11-17(12-10-15(18)19)16(20)21-13-14-8-5-4-6-9-14/h4-6,8-9H,2-3,7,10-13H2,1H3,(H,18,19). The second-order valence-corrected chi connectivity index (χ2v) is 4.88. The average molecular weight is 293 g/mol. The number of nitrogens with zero attached hydrogens (tertiary/aromatic N) is 1. The smallest absolute Gasteiger partial charge is 0.410 e. The quantitative estimate of drug-likeness (QED) is 0.709. The van der Waals surface area contributed by atoms with Gasteiger partial charge in [-0.05, 0) is 12.0 Å².